The predicted octanol–water partition coefficient (Wildman–Crippen LogP) is 4.59. The molecule has 0 spiro atoms. The van der Waals surface area contributed by atoms with Gasteiger partial charge in [0.2, 0.25) is 5.91 Å². The molecule has 31 heavy (non-hydrogen) atoms. The van der Waals surface area contributed by atoms with Crippen molar-refractivity contribution in [3.63, 3.8) is 0 Å². The first-order valence-corrected chi connectivity index (χ1v) is 11.0. The van der Waals surface area contributed by atoms with Gasteiger partial charge in [-0.25, -0.2) is 0 Å². The van der Waals surface area contributed by atoms with Crippen molar-refractivity contribution >= 4 is 17.7 Å². The maximum Gasteiger partial charge on any atom is 0.246 e. The molecule has 0 atom stereocenters. The molecule has 1 amide bonds. The first-order chi connectivity index (χ1) is 15.2. The summed E-state index contributed by atoms with van der Waals surface area (Å²) in [4.78, 5) is 16.9. The number of carbonyl (C=O) groups is 1. The van der Waals surface area contributed by atoms with Crippen LogP contribution in [0.25, 0.3) is 6.08 Å². The molecular formula is C26H30N4O. The van der Waals surface area contributed by atoms with Crippen LogP contribution in [0.2, 0.25) is 0 Å². The van der Waals surface area contributed by atoms with Gasteiger partial charge in [-0.05, 0) is 42.5 Å². The molecule has 1 aromatic heterocycles. The van der Waals surface area contributed by atoms with Gasteiger partial charge in [-0.2, -0.15) is 5.10 Å². The van der Waals surface area contributed by atoms with E-state index in [1.165, 1.54) is 36.1 Å². The topological polar surface area (TPSA) is 41.4 Å². The minimum Gasteiger partial charge on any atom is -0.371 e. The molecule has 1 fully saturated rings. The lowest BCUT2D eigenvalue weighted by atomic mass is 10.1. The summed E-state index contributed by atoms with van der Waals surface area (Å²) < 4.78 is 1.89. The maximum atomic E-state index is 12.7. The standard InChI is InChI=1S/C26H30N4O/c1-28(21-24-12-6-7-13-25(24)29-16-8-3-9-17-29)26(31)15-14-23-18-27-30(20-23)19-22-10-4-2-5-11-22/h2,4-7,10-15,18,20H,3,8-9,16-17,19,21H2,1H3. The zero-order valence-electron chi connectivity index (χ0n) is 18.2. The van der Waals surface area contributed by atoms with Crippen molar-refractivity contribution in [2.45, 2.75) is 32.4 Å². The first-order valence-electron chi connectivity index (χ1n) is 11.0. The molecule has 1 saturated heterocycles. The van der Waals surface area contributed by atoms with Gasteiger partial charge in [0.15, 0.2) is 0 Å². The number of carbonyl (C=O) groups excluding carboxylic acids is 1. The Morgan fingerprint density at radius 3 is 2.58 bits per heavy atom. The van der Waals surface area contributed by atoms with Crippen LogP contribution >= 0.6 is 0 Å². The van der Waals surface area contributed by atoms with Crippen molar-refractivity contribution in [3.8, 4) is 0 Å². The van der Waals surface area contributed by atoms with Crippen molar-refractivity contribution in [1.29, 1.82) is 0 Å². The predicted molar refractivity (Wildman–Crippen MR) is 126 cm³/mol. The van der Waals surface area contributed by atoms with E-state index >= 15 is 0 Å². The molecule has 0 unspecified atom stereocenters. The third-order valence-electron chi connectivity index (χ3n) is 5.73. The van der Waals surface area contributed by atoms with Gasteiger partial charge >= 0.3 is 0 Å². The summed E-state index contributed by atoms with van der Waals surface area (Å²) in [5.74, 6) is -0.00995. The van der Waals surface area contributed by atoms with Crippen LogP contribution in [0.4, 0.5) is 5.69 Å². The fraction of sp³-hybridized carbons (Fsp3) is 0.308. The molecule has 4 rings (SSSR count). The largest absolute Gasteiger partial charge is 0.371 e. The van der Waals surface area contributed by atoms with E-state index in [9.17, 15) is 4.79 Å². The molecule has 0 bridgehead atoms. The number of hydrogen-bond acceptors (Lipinski definition) is 3. The van der Waals surface area contributed by atoms with Gasteiger partial charge in [0.1, 0.15) is 0 Å². The van der Waals surface area contributed by atoms with Gasteiger partial charge in [-0.3, -0.25) is 9.48 Å². The highest BCUT2D eigenvalue weighted by Crippen LogP contribution is 2.25. The normalized spacial score (nSPS) is 14.2. The average Bonchev–Trinajstić information content (AvgIpc) is 3.26. The fourth-order valence-electron chi connectivity index (χ4n) is 4.04. The highest BCUT2D eigenvalue weighted by atomic mass is 16.2. The molecule has 2 aromatic carbocycles. The summed E-state index contributed by atoms with van der Waals surface area (Å²) in [6, 6.07) is 18.7. The summed E-state index contributed by atoms with van der Waals surface area (Å²) >= 11 is 0. The molecular weight excluding hydrogens is 384 g/mol. The molecule has 5 heteroatoms. The minimum atomic E-state index is -0.00995. The molecule has 5 nitrogen and oxygen atoms in total. The number of nitrogens with zero attached hydrogens (tertiary/aromatic N) is 4. The summed E-state index contributed by atoms with van der Waals surface area (Å²) in [6.07, 6.45) is 11.0. The molecule has 1 aliphatic heterocycles. The minimum absolute atomic E-state index is 0.00995. The number of benzene rings is 2. The first kappa shape index (κ1) is 20.9. The Morgan fingerprint density at radius 1 is 1.03 bits per heavy atom. The van der Waals surface area contributed by atoms with Crippen LogP contribution in [-0.4, -0.2) is 40.7 Å². The molecule has 0 radical (unpaired) electrons. The van der Waals surface area contributed by atoms with E-state index in [-0.39, 0.29) is 5.91 Å². The van der Waals surface area contributed by atoms with E-state index in [4.69, 9.17) is 0 Å². The number of hydrogen-bond donors (Lipinski definition) is 0. The highest BCUT2D eigenvalue weighted by Gasteiger charge is 2.16. The molecule has 160 valence electrons. The quantitative estimate of drug-likeness (QED) is 0.531. The Balaban J connectivity index is 1.37. The second-order valence-corrected chi connectivity index (χ2v) is 8.16. The van der Waals surface area contributed by atoms with E-state index < -0.39 is 0 Å². The summed E-state index contributed by atoms with van der Waals surface area (Å²) in [5, 5.41) is 4.40. The monoisotopic (exact) mass is 414 g/mol. The third kappa shape index (κ3) is 5.63. The average molecular weight is 415 g/mol. The molecule has 0 saturated carbocycles. The second kappa shape index (κ2) is 10.1. The molecule has 2 heterocycles. The Kier molecular flexibility index (Phi) is 6.82. The number of amides is 1. The Labute approximate surface area is 184 Å². The third-order valence-corrected chi connectivity index (χ3v) is 5.73. The number of piperidine rings is 1. The molecule has 0 aliphatic carbocycles. The van der Waals surface area contributed by atoms with Crippen molar-refractivity contribution in [1.82, 2.24) is 14.7 Å². The summed E-state index contributed by atoms with van der Waals surface area (Å²) in [6.45, 7) is 3.52. The fourth-order valence-corrected chi connectivity index (χ4v) is 4.04. The van der Waals surface area contributed by atoms with Crippen molar-refractivity contribution in [3.05, 3.63) is 89.8 Å². The van der Waals surface area contributed by atoms with E-state index in [2.05, 4.69) is 46.4 Å². The Bertz CT molecular complexity index is 1020. The van der Waals surface area contributed by atoms with Gasteiger partial charge in [-0.15, -0.1) is 0 Å². The second-order valence-electron chi connectivity index (χ2n) is 8.16. The van der Waals surface area contributed by atoms with E-state index in [0.29, 0.717) is 6.54 Å². The van der Waals surface area contributed by atoms with Gasteiger partial charge in [0.05, 0.1) is 12.7 Å². The van der Waals surface area contributed by atoms with Crippen LogP contribution in [0.1, 0.15) is 36.0 Å². The van der Waals surface area contributed by atoms with Crippen LogP contribution < -0.4 is 4.90 Å². The van der Waals surface area contributed by atoms with Crippen molar-refractivity contribution in [2.75, 3.05) is 25.0 Å². The van der Waals surface area contributed by atoms with Crippen LogP contribution in [-0.2, 0) is 17.9 Å². The zero-order valence-corrected chi connectivity index (χ0v) is 18.2. The van der Waals surface area contributed by atoms with Gasteiger partial charge in [-0.1, -0.05) is 48.5 Å². The maximum absolute atomic E-state index is 12.7. The zero-order chi connectivity index (χ0) is 21.5. The van der Waals surface area contributed by atoms with Crippen LogP contribution in [0, 0.1) is 0 Å². The van der Waals surface area contributed by atoms with Crippen LogP contribution in [0.5, 0.6) is 0 Å². The SMILES string of the molecule is CN(Cc1ccccc1N1CCCCC1)C(=O)C=Cc1cnn(Cc2ccccc2)c1. The number of likely N-dealkylation sites (N-methyl/N-ethyl adjacent to an activating group) is 1. The molecule has 0 N–H and O–H groups in total. The molecule has 1 aliphatic rings. The number of rotatable bonds is 7. The summed E-state index contributed by atoms with van der Waals surface area (Å²) in [7, 11) is 1.86. The lowest BCUT2D eigenvalue weighted by Gasteiger charge is -2.31. The lowest BCUT2D eigenvalue weighted by molar-refractivity contribution is -0.125. The summed E-state index contributed by atoms with van der Waals surface area (Å²) in [5.41, 5.74) is 4.58. The smallest absolute Gasteiger partial charge is 0.246 e. The molecule has 3 aromatic rings. The van der Waals surface area contributed by atoms with E-state index in [1.807, 2.05) is 42.2 Å². The highest BCUT2D eigenvalue weighted by molar-refractivity contribution is 5.91. The van der Waals surface area contributed by atoms with Gasteiger partial charge in [0, 0.05) is 50.2 Å². The van der Waals surface area contributed by atoms with Crippen LogP contribution in [0.3, 0.4) is 0 Å². The Hall–Kier alpha value is -3.34. The number of para-hydroxylation sites is 1. The van der Waals surface area contributed by atoms with Crippen molar-refractivity contribution in [2.24, 2.45) is 0 Å². The number of anilines is 1. The lowest BCUT2D eigenvalue weighted by Crippen LogP contribution is -2.31. The Morgan fingerprint density at radius 2 is 1.77 bits per heavy atom. The van der Waals surface area contributed by atoms with Crippen LogP contribution in [0.15, 0.2) is 73.1 Å². The van der Waals surface area contributed by atoms with Gasteiger partial charge in [0.25, 0.3) is 0 Å². The number of aromatic nitrogens is 2. The van der Waals surface area contributed by atoms with E-state index in [0.717, 1.165) is 25.2 Å². The van der Waals surface area contributed by atoms with Crippen molar-refractivity contribution < 1.29 is 4.79 Å². The van der Waals surface area contributed by atoms with Gasteiger partial charge < -0.3 is 9.80 Å². The van der Waals surface area contributed by atoms with E-state index in [1.54, 1.807) is 17.2 Å².